The fraction of sp³-hybridized carbons (Fsp3) is 0.333. The fourth-order valence-corrected chi connectivity index (χ4v) is 2.57. The Morgan fingerprint density at radius 2 is 1.55 bits per heavy atom. The normalized spacial score (nSPS) is 12.2. The van der Waals surface area contributed by atoms with Crippen molar-refractivity contribution in [3.8, 4) is 5.75 Å². The molecule has 0 spiro atoms. The van der Waals surface area contributed by atoms with E-state index in [-0.39, 0.29) is 6.04 Å². The SMILES string of the molecule is Cc1cc(C)cc(C(C)Nc2ccc(C)c(O)c2C)c1. The topological polar surface area (TPSA) is 32.3 Å². The number of phenols is 1. The highest BCUT2D eigenvalue weighted by atomic mass is 16.3. The van der Waals surface area contributed by atoms with Gasteiger partial charge >= 0.3 is 0 Å². The largest absolute Gasteiger partial charge is 0.507 e. The van der Waals surface area contributed by atoms with Gasteiger partial charge in [-0.2, -0.15) is 0 Å². The van der Waals surface area contributed by atoms with Crippen molar-refractivity contribution in [3.63, 3.8) is 0 Å². The van der Waals surface area contributed by atoms with E-state index in [9.17, 15) is 5.11 Å². The Balaban J connectivity index is 2.28. The first-order valence-corrected chi connectivity index (χ1v) is 7.02. The second-order valence-corrected chi connectivity index (χ2v) is 5.69. The lowest BCUT2D eigenvalue weighted by Crippen LogP contribution is -2.08. The third kappa shape index (κ3) is 2.96. The predicted octanol–water partition coefficient (Wildman–Crippen LogP) is 4.80. The van der Waals surface area contributed by atoms with Crippen LogP contribution in [0.5, 0.6) is 5.75 Å². The average Bonchev–Trinajstić information content (AvgIpc) is 2.38. The Bertz CT molecular complexity index is 611. The summed E-state index contributed by atoms with van der Waals surface area (Å²) in [4.78, 5) is 0. The van der Waals surface area contributed by atoms with Crippen LogP contribution in [0.4, 0.5) is 5.69 Å². The van der Waals surface area contributed by atoms with Gasteiger partial charge < -0.3 is 10.4 Å². The number of anilines is 1. The lowest BCUT2D eigenvalue weighted by molar-refractivity contribution is 0.467. The molecule has 0 amide bonds. The van der Waals surface area contributed by atoms with Gasteiger partial charge in [-0.3, -0.25) is 0 Å². The standard InChI is InChI=1S/C18H23NO/c1-11-8-12(2)10-16(9-11)15(5)19-17-7-6-13(3)18(20)14(17)4/h6-10,15,19-20H,1-5H3. The summed E-state index contributed by atoms with van der Waals surface area (Å²) in [7, 11) is 0. The molecule has 2 N–H and O–H groups in total. The summed E-state index contributed by atoms with van der Waals surface area (Å²) >= 11 is 0. The summed E-state index contributed by atoms with van der Waals surface area (Å²) in [5.41, 5.74) is 6.62. The van der Waals surface area contributed by atoms with Crippen LogP contribution in [0.3, 0.4) is 0 Å². The molecule has 0 aliphatic carbocycles. The molecule has 0 saturated heterocycles. The van der Waals surface area contributed by atoms with Gasteiger partial charge in [-0.15, -0.1) is 0 Å². The summed E-state index contributed by atoms with van der Waals surface area (Å²) in [5.74, 6) is 0.377. The molecule has 2 aromatic carbocycles. The van der Waals surface area contributed by atoms with Crippen LogP contribution in [0.25, 0.3) is 0 Å². The number of aromatic hydroxyl groups is 1. The number of hydrogen-bond acceptors (Lipinski definition) is 2. The molecule has 0 aromatic heterocycles. The first-order chi connectivity index (χ1) is 9.38. The smallest absolute Gasteiger partial charge is 0.123 e. The number of aryl methyl sites for hydroxylation is 3. The van der Waals surface area contributed by atoms with E-state index in [1.807, 2.05) is 26.0 Å². The van der Waals surface area contributed by atoms with Crippen LogP contribution in [-0.2, 0) is 0 Å². The molecule has 0 radical (unpaired) electrons. The quantitative estimate of drug-likeness (QED) is 0.839. The van der Waals surface area contributed by atoms with E-state index in [2.05, 4.69) is 44.3 Å². The summed E-state index contributed by atoms with van der Waals surface area (Å²) in [6.07, 6.45) is 0. The van der Waals surface area contributed by atoms with E-state index in [1.54, 1.807) is 0 Å². The highest BCUT2D eigenvalue weighted by molar-refractivity contribution is 5.60. The number of rotatable bonds is 3. The van der Waals surface area contributed by atoms with E-state index in [0.29, 0.717) is 5.75 Å². The van der Waals surface area contributed by atoms with E-state index in [4.69, 9.17) is 0 Å². The van der Waals surface area contributed by atoms with Gasteiger partial charge in [0.2, 0.25) is 0 Å². The van der Waals surface area contributed by atoms with Crippen molar-refractivity contribution < 1.29 is 5.11 Å². The molecule has 1 unspecified atom stereocenters. The van der Waals surface area contributed by atoms with Crippen LogP contribution < -0.4 is 5.32 Å². The summed E-state index contributed by atoms with van der Waals surface area (Å²) in [6.45, 7) is 10.2. The lowest BCUT2D eigenvalue weighted by Gasteiger charge is -2.19. The monoisotopic (exact) mass is 269 g/mol. The second-order valence-electron chi connectivity index (χ2n) is 5.69. The Morgan fingerprint density at radius 3 is 2.15 bits per heavy atom. The van der Waals surface area contributed by atoms with Crippen molar-refractivity contribution in [2.24, 2.45) is 0 Å². The number of phenolic OH excluding ortho intramolecular Hbond substituents is 1. The van der Waals surface area contributed by atoms with Crippen LogP contribution in [-0.4, -0.2) is 5.11 Å². The van der Waals surface area contributed by atoms with Crippen molar-refractivity contribution in [2.45, 2.75) is 40.7 Å². The van der Waals surface area contributed by atoms with Crippen molar-refractivity contribution in [2.75, 3.05) is 5.32 Å². The predicted molar refractivity (Wildman–Crippen MR) is 85.5 cm³/mol. The molecule has 2 rings (SSSR count). The first kappa shape index (κ1) is 14.4. The summed E-state index contributed by atoms with van der Waals surface area (Å²) in [6, 6.07) is 10.8. The molecular weight excluding hydrogens is 246 g/mol. The van der Waals surface area contributed by atoms with Gasteiger partial charge in [-0.25, -0.2) is 0 Å². The molecule has 0 bridgehead atoms. The van der Waals surface area contributed by atoms with Gasteiger partial charge in [0.05, 0.1) is 0 Å². The van der Waals surface area contributed by atoms with Gasteiger partial charge in [-0.05, 0) is 51.8 Å². The minimum atomic E-state index is 0.203. The second kappa shape index (κ2) is 5.58. The van der Waals surface area contributed by atoms with Gasteiger partial charge in [0, 0.05) is 17.3 Å². The Morgan fingerprint density at radius 1 is 0.950 bits per heavy atom. The minimum Gasteiger partial charge on any atom is -0.507 e. The minimum absolute atomic E-state index is 0.203. The van der Waals surface area contributed by atoms with Crippen LogP contribution in [0.2, 0.25) is 0 Å². The third-order valence-electron chi connectivity index (χ3n) is 3.75. The molecule has 0 heterocycles. The molecule has 0 aliphatic heterocycles. The number of nitrogens with one attached hydrogen (secondary N) is 1. The Labute approximate surface area is 121 Å². The molecule has 0 saturated carbocycles. The Hall–Kier alpha value is -1.96. The summed E-state index contributed by atoms with van der Waals surface area (Å²) < 4.78 is 0. The van der Waals surface area contributed by atoms with Crippen molar-refractivity contribution in [1.82, 2.24) is 0 Å². The molecule has 106 valence electrons. The van der Waals surface area contributed by atoms with Crippen LogP contribution in [0.15, 0.2) is 30.3 Å². The van der Waals surface area contributed by atoms with Crippen molar-refractivity contribution in [1.29, 1.82) is 0 Å². The molecule has 2 aromatic rings. The van der Waals surface area contributed by atoms with E-state index in [1.165, 1.54) is 16.7 Å². The molecule has 0 fully saturated rings. The number of benzene rings is 2. The van der Waals surface area contributed by atoms with Crippen LogP contribution >= 0.6 is 0 Å². The maximum absolute atomic E-state index is 10.0. The molecule has 2 heteroatoms. The highest BCUT2D eigenvalue weighted by Gasteiger charge is 2.10. The van der Waals surface area contributed by atoms with E-state index < -0.39 is 0 Å². The highest BCUT2D eigenvalue weighted by Crippen LogP contribution is 2.30. The van der Waals surface area contributed by atoms with Crippen molar-refractivity contribution in [3.05, 3.63) is 58.1 Å². The third-order valence-corrected chi connectivity index (χ3v) is 3.75. The summed E-state index contributed by atoms with van der Waals surface area (Å²) in [5, 5.41) is 13.5. The van der Waals surface area contributed by atoms with Gasteiger partial charge in [0.15, 0.2) is 0 Å². The van der Waals surface area contributed by atoms with E-state index >= 15 is 0 Å². The van der Waals surface area contributed by atoms with Crippen molar-refractivity contribution >= 4 is 5.69 Å². The van der Waals surface area contributed by atoms with Gasteiger partial charge in [-0.1, -0.05) is 35.4 Å². The number of hydrogen-bond donors (Lipinski definition) is 2. The molecule has 2 nitrogen and oxygen atoms in total. The van der Waals surface area contributed by atoms with Crippen LogP contribution in [0.1, 0.15) is 40.8 Å². The molecule has 20 heavy (non-hydrogen) atoms. The zero-order chi connectivity index (χ0) is 14.9. The Kier molecular flexibility index (Phi) is 4.03. The lowest BCUT2D eigenvalue weighted by atomic mass is 10.0. The fourth-order valence-electron chi connectivity index (χ4n) is 2.57. The van der Waals surface area contributed by atoms with E-state index in [0.717, 1.165) is 16.8 Å². The zero-order valence-corrected chi connectivity index (χ0v) is 12.9. The van der Waals surface area contributed by atoms with Gasteiger partial charge in [0.25, 0.3) is 0 Å². The molecule has 0 aliphatic rings. The maximum atomic E-state index is 10.0. The molecule has 1 atom stereocenters. The zero-order valence-electron chi connectivity index (χ0n) is 12.9. The van der Waals surface area contributed by atoms with Crippen LogP contribution in [0, 0.1) is 27.7 Å². The first-order valence-electron chi connectivity index (χ1n) is 7.02. The van der Waals surface area contributed by atoms with Gasteiger partial charge in [0.1, 0.15) is 5.75 Å². The maximum Gasteiger partial charge on any atom is 0.123 e. The average molecular weight is 269 g/mol. The molecular formula is C18H23NO.